The summed E-state index contributed by atoms with van der Waals surface area (Å²) in [6.07, 6.45) is 2.86. The molecule has 1 unspecified atom stereocenters. The Morgan fingerprint density at radius 3 is 2.83 bits per heavy atom. The number of likely N-dealkylation sites (tertiary alicyclic amines) is 1. The fraction of sp³-hybridized carbons (Fsp3) is 0.400. The van der Waals surface area contributed by atoms with Gasteiger partial charge in [0.1, 0.15) is 0 Å². The van der Waals surface area contributed by atoms with Crippen LogP contribution >= 0.6 is 11.6 Å². The van der Waals surface area contributed by atoms with Crippen LogP contribution in [-0.2, 0) is 4.79 Å². The maximum Gasteiger partial charge on any atom is 0.234 e. The van der Waals surface area contributed by atoms with Crippen molar-refractivity contribution >= 4 is 17.5 Å². The second kappa shape index (κ2) is 5.15. The summed E-state index contributed by atoms with van der Waals surface area (Å²) < 4.78 is 0. The van der Waals surface area contributed by atoms with Crippen molar-refractivity contribution < 1.29 is 4.79 Å². The van der Waals surface area contributed by atoms with Crippen LogP contribution in [0.1, 0.15) is 37.3 Å². The summed E-state index contributed by atoms with van der Waals surface area (Å²) in [6, 6.07) is 5.87. The first-order chi connectivity index (χ1) is 8.54. The van der Waals surface area contributed by atoms with E-state index in [0.29, 0.717) is 0 Å². The van der Waals surface area contributed by atoms with Crippen molar-refractivity contribution in [1.82, 2.24) is 4.90 Å². The fourth-order valence-electron chi connectivity index (χ4n) is 2.38. The first-order valence-electron chi connectivity index (χ1n) is 6.25. The standard InChI is InChI=1S/C15H18ClNO/c1-4-11(3)17-8-7-13(15(17)18)12-5-6-14(16)10(2)9-12/h4-6,9,13H,7-8H2,1-3H3/b11-4+. The van der Waals surface area contributed by atoms with Crippen LogP contribution < -0.4 is 0 Å². The van der Waals surface area contributed by atoms with E-state index in [2.05, 4.69) is 0 Å². The summed E-state index contributed by atoms with van der Waals surface area (Å²) >= 11 is 6.02. The van der Waals surface area contributed by atoms with Crippen molar-refractivity contribution in [3.63, 3.8) is 0 Å². The number of rotatable bonds is 2. The van der Waals surface area contributed by atoms with Crippen LogP contribution in [0.5, 0.6) is 0 Å². The third-order valence-electron chi connectivity index (χ3n) is 3.63. The molecule has 1 atom stereocenters. The van der Waals surface area contributed by atoms with E-state index < -0.39 is 0 Å². The van der Waals surface area contributed by atoms with Crippen LogP contribution in [0.15, 0.2) is 30.0 Å². The third kappa shape index (κ3) is 2.30. The lowest BCUT2D eigenvalue weighted by molar-refractivity contribution is -0.127. The predicted octanol–water partition coefficient (Wildman–Crippen LogP) is 3.89. The molecule has 0 saturated carbocycles. The highest BCUT2D eigenvalue weighted by Gasteiger charge is 2.33. The molecular formula is C15H18ClNO. The van der Waals surface area contributed by atoms with E-state index in [0.717, 1.165) is 34.8 Å². The molecule has 0 N–H and O–H groups in total. The van der Waals surface area contributed by atoms with Gasteiger partial charge in [-0.2, -0.15) is 0 Å². The molecule has 18 heavy (non-hydrogen) atoms. The Kier molecular flexibility index (Phi) is 3.76. The lowest BCUT2D eigenvalue weighted by Gasteiger charge is -2.17. The number of benzene rings is 1. The molecule has 1 aromatic rings. The van der Waals surface area contributed by atoms with Gasteiger partial charge in [-0.3, -0.25) is 4.79 Å². The molecule has 1 aliphatic heterocycles. The van der Waals surface area contributed by atoms with Gasteiger partial charge in [-0.25, -0.2) is 0 Å². The summed E-state index contributed by atoms with van der Waals surface area (Å²) in [5.41, 5.74) is 3.14. The third-order valence-corrected chi connectivity index (χ3v) is 4.06. The van der Waals surface area contributed by atoms with Crippen molar-refractivity contribution in [3.05, 3.63) is 46.1 Å². The smallest absolute Gasteiger partial charge is 0.234 e. The Balaban J connectivity index is 2.26. The highest BCUT2D eigenvalue weighted by Crippen LogP contribution is 2.32. The summed E-state index contributed by atoms with van der Waals surface area (Å²) in [5.74, 6) is 0.184. The lowest BCUT2D eigenvalue weighted by atomic mass is 9.96. The highest BCUT2D eigenvalue weighted by molar-refractivity contribution is 6.31. The molecule has 0 bridgehead atoms. The number of allylic oxidation sites excluding steroid dienone is 2. The first-order valence-corrected chi connectivity index (χ1v) is 6.62. The Bertz CT molecular complexity index is 507. The van der Waals surface area contributed by atoms with Crippen LogP contribution in [0, 0.1) is 6.92 Å². The average Bonchev–Trinajstić information content (AvgIpc) is 2.74. The topological polar surface area (TPSA) is 20.3 Å². The summed E-state index contributed by atoms with van der Waals surface area (Å²) in [4.78, 5) is 14.2. The fourth-order valence-corrected chi connectivity index (χ4v) is 2.50. The average molecular weight is 264 g/mol. The van der Waals surface area contributed by atoms with Crippen molar-refractivity contribution in [2.45, 2.75) is 33.1 Å². The van der Waals surface area contributed by atoms with Crippen LogP contribution in [0.4, 0.5) is 0 Å². The van der Waals surface area contributed by atoms with Crippen LogP contribution in [-0.4, -0.2) is 17.4 Å². The molecule has 2 rings (SSSR count). The van der Waals surface area contributed by atoms with Crippen LogP contribution in [0.3, 0.4) is 0 Å². The molecule has 3 heteroatoms. The molecule has 2 nitrogen and oxygen atoms in total. The molecule has 96 valence electrons. The zero-order valence-corrected chi connectivity index (χ0v) is 11.8. The minimum absolute atomic E-state index is 0.0177. The molecule has 1 fully saturated rings. The Hall–Kier alpha value is -1.28. The van der Waals surface area contributed by atoms with E-state index in [1.807, 2.05) is 49.9 Å². The zero-order chi connectivity index (χ0) is 13.3. The molecule has 0 spiro atoms. The summed E-state index contributed by atoms with van der Waals surface area (Å²) in [7, 11) is 0. The van der Waals surface area contributed by atoms with Crippen LogP contribution in [0.2, 0.25) is 5.02 Å². The second-order valence-corrected chi connectivity index (χ2v) is 5.18. The second-order valence-electron chi connectivity index (χ2n) is 4.77. The van der Waals surface area contributed by atoms with Crippen molar-refractivity contribution in [1.29, 1.82) is 0 Å². The minimum Gasteiger partial charge on any atom is -0.316 e. The minimum atomic E-state index is -0.0177. The molecule has 0 aliphatic carbocycles. The van der Waals surface area contributed by atoms with E-state index in [4.69, 9.17) is 11.6 Å². The Labute approximate surface area is 113 Å². The highest BCUT2D eigenvalue weighted by atomic mass is 35.5. The van der Waals surface area contributed by atoms with Gasteiger partial charge in [0.2, 0.25) is 5.91 Å². The van der Waals surface area contributed by atoms with Crippen molar-refractivity contribution in [3.8, 4) is 0 Å². The number of nitrogens with zero attached hydrogens (tertiary/aromatic N) is 1. The first kappa shape index (κ1) is 13.2. The van der Waals surface area contributed by atoms with Gasteiger partial charge in [-0.15, -0.1) is 0 Å². The molecule has 1 aliphatic rings. The van der Waals surface area contributed by atoms with Crippen molar-refractivity contribution in [2.24, 2.45) is 0 Å². The molecular weight excluding hydrogens is 246 g/mol. The molecule has 1 aromatic carbocycles. The number of carbonyl (C=O) groups excluding carboxylic acids is 1. The van der Waals surface area contributed by atoms with Gasteiger partial charge >= 0.3 is 0 Å². The van der Waals surface area contributed by atoms with E-state index in [-0.39, 0.29) is 11.8 Å². The van der Waals surface area contributed by atoms with E-state index in [1.165, 1.54) is 0 Å². The van der Waals surface area contributed by atoms with Gasteiger partial charge in [0.05, 0.1) is 5.92 Å². The summed E-state index contributed by atoms with van der Waals surface area (Å²) in [5, 5.41) is 0.755. The number of aryl methyl sites for hydroxylation is 1. The van der Waals surface area contributed by atoms with Gasteiger partial charge in [0, 0.05) is 17.3 Å². The monoisotopic (exact) mass is 263 g/mol. The number of amides is 1. The van der Waals surface area contributed by atoms with Gasteiger partial charge in [-0.1, -0.05) is 29.8 Å². The number of halogens is 1. The predicted molar refractivity (Wildman–Crippen MR) is 74.7 cm³/mol. The van der Waals surface area contributed by atoms with E-state index in [9.17, 15) is 4.79 Å². The number of carbonyl (C=O) groups is 1. The van der Waals surface area contributed by atoms with E-state index >= 15 is 0 Å². The zero-order valence-electron chi connectivity index (χ0n) is 11.0. The maximum atomic E-state index is 12.4. The summed E-state index contributed by atoms with van der Waals surface area (Å²) in [6.45, 7) is 6.72. The van der Waals surface area contributed by atoms with Gasteiger partial charge in [-0.05, 0) is 44.4 Å². The quantitative estimate of drug-likeness (QED) is 0.793. The molecule has 0 aromatic heterocycles. The number of hydrogen-bond acceptors (Lipinski definition) is 1. The Morgan fingerprint density at radius 2 is 2.22 bits per heavy atom. The maximum absolute atomic E-state index is 12.4. The normalized spacial score (nSPS) is 20.7. The van der Waals surface area contributed by atoms with E-state index in [1.54, 1.807) is 0 Å². The molecule has 1 amide bonds. The van der Waals surface area contributed by atoms with Gasteiger partial charge in [0.15, 0.2) is 0 Å². The van der Waals surface area contributed by atoms with Crippen molar-refractivity contribution in [2.75, 3.05) is 6.54 Å². The lowest BCUT2D eigenvalue weighted by Crippen LogP contribution is -2.24. The van der Waals surface area contributed by atoms with Crippen LogP contribution in [0.25, 0.3) is 0 Å². The SMILES string of the molecule is C/C=C(\C)N1CCC(c2ccc(Cl)c(C)c2)C1=O. The Morgan fingerprint density at radius 1 is 1.50 bits per heavy atom. The molecule has 0 radical (unpaired) electrons. The number of hydrogen-bond donors (Lipinski definition) is 0. The van der Waals surface area contributed by atoms with Gasteiger partial charge < -0.3 is 4.90 Å². The molecule has 1 saturated heterocycles. The van der Waals surface area contributed by atoms with Gasteiger partial charge in [0.25, 0.3) is 0 Å². The largest absolute Gasteiger partial charge is 0.316 e. The molecule has 1 heterocycles.